The van der Waals surface area contributed by atoms with Gasteiger partial charge < -0.3 is 10.2 Å². The second-order valence-electron chi connectivity index (χ2n) is 4.75. The molecule has 4 nitrogen and oxygen atoms in total. The molecule has 98 valence electrons. The van der Waals surface area contributed by atoms with Crippen molar-refractivity contribution in [2.45, 2.75) is 19.8 Å². The Kier molecular flexibility index (Phi) is 4.36. The maximum Gasteiger partial charge on any atom is 0.261 e. The first-order valence-corrected chi connectivity index (χ1v) is 7.14. The molecule has 0 saturated carbocycles. The number of carbonyl (C=O) groups excluding carboxylic acids is 2. The smallest absolute Gasteiger partial charge is 0.261 e. The molecule has 0 aliphatic carbocycles. The number of rotatable bonds is 3. The van der Waals surface area contributed by atoms with Gasteiger partial charge in [-0.1, -0.05) is 13.0 Å². The summed E-state index contributed by atoms with van der Waals surface area (Å²) >= 11 is 1.38. The van der Waals surface area contributed by atoms with Crippen molar-refractivity contribution in [3.63, 3.8) is 0 Å². The highest BCUT2D eigenvalue weighted by atomic mass is 32.1. The van der Waals surface area contributed by atoms with Crippen molar-refractivity contribution in [3.8, 4) is 0 Å². The summed E-state index contributed by atoms with van der Waals surface area (Å²) in [5.74, 6) is 0.422. The molecule has 0 radical (unpaired) electrons. The maximum atomic E-state index is 11.9. The Balaban J connectivity index is 1.79. The van der Waals surface area contributed by atoms with Crippen molar-refractivity contribution in [1.82, 2.24) is 10.2 Å². The summed E-state index contributed by atoms with van der Waals surface area (Å²) in [6, 6.07) is 3.58. The van der Waals surface area contributed by atoms with Crippen LogP contribution in [0.1, 0.15) is 29.4 Å². The summed E-state index contributed by atoms with van der Waals surface area (Å²) in [4.78, 5) is 26.1. The van der Waals surface area contributed by atoms with Crippen LogP contribution in [0.2, 0.25) is 0 Å². The van der Waals surface area contributed by atoms with Gasteiger partial charge in [-0.3, -0.25) is 9.59 Å². The second-order valence-corrected chi connectivity index (χ2v) is 5.69. The van der Waals surface area contributed by atoms with Gasteiger partial charge in [0.15, 0.2) is 0 Å². The van der Waals surface area contributed by atoms with Gasteiger partial charge in [-0.25, -0.2) is 0 Å². The van der Waals surface area contributed by atoms with Crippen LogP contribution < -0.4 is 5.32 Å². The molecular weight excluding hydrogens is 248 g/mol. The number of likely N-dealkylation sites (tertiary alicyclic amines) is 1. The van der Waals surface area contributed by atoms with E-state index in [1.165, 1.54) is 17.8 Å². The zero-order valence-electron chi connectivity index (χ0n) is 10.5. The monoisotopic (exact) mass is 266 g/mol. The Morgan fingerprint density at radius 2 is 2.39 bits per heavy atom. The summed E-state index contributed by atoms with van der Waals surface area (Å²) in [6.45, 7) is 3.89. The molecule has 1 aromatic heterocycles. The van der Waals surface area contributed by atoms with Crippen LogP contribution in [-0.4, -0.2) is 36.3 Å². The van der Waals surface area contributed by atoms with Crippen molar-refractivity contribution in [2.24, 2.45) is 5.92 Å². The molecule has 2 rings (SSSR count). The quantitative estimate of drug-likeness (QED) is 0.906. The van der Waals surface area contributed by atoms with E-state index in [1.807, 2.05) is 16.3 Å². The standard InChI is InChI=1S/C13H18N2O2S/c1-10-4-2-6-15(9-10)12(16)8-14-13(17)11-5-3-7-18-11/h3,5,7,10H,2,4,6,8-9H2,1H3,(H,14,17)/t10-/m1/s1. The molecule has 2 heterocycles. The largest absolute Gasteiger partial charge is 0.342 e. The second kappa shape index (κ2) is 6.00. The van der Waals surface area contributed by atoms with E-state index in [1.54, 1.807) is 6.07 Å². The van der Waals surface area contributed by atoms with Gasteiger partial charge in [0.25, 0.3) is 5.91 Å². The lowest BCUT2D eigenvalue weighted by molar-refractivity contribution is -0.131. The van der Waals surface area contributed by atoms with Gasteiger partial charge in [-0.2, -0.15) is 0 Å². The van der Waals surface area contributed by atoms with Gasteiger partial charge in [-0.05, 0) is 30.2 Å². The number of nitrogens with one attached hydrogen (secondary N) is 1. The third-order valence-electron chi connectivity index (χ3n) is 3.15. The maximum absolute atomic E-state index is 11.9. The minimum Gasteiger partial charge on any atom is -0.342 e. The van der Waals surface area contributed by atoms with Gasteiger partial charge in [0.05, 0.1) is 11.4 Å². The van der Waals surface area contributed by atoms with E-state index >= 15 is 0 Å². The average molecular weight is 266 g/mol. The number of amides is 2. The van der Waals surface area contributed by atoms with E-state index in [4.69, 9.17) is 0 Å². The Morgan fingerprint density at radius 3 is 3.06 bits per heavy atom. The number of carbonyl (C=O) groups is 2. The normalized spacial score (nSPS) is 19.6. The topological polar surface area (TPSA) is 49.4 Å². The Labute approximate surface area is 111 Å². The summed E-state index contributed by atoms with van der Waals surface area (Å²) in [7, 11) is 0. The number of piperidine rings is 1. The van der Waals surface area contributed by atoms with Crippen molar-refractivity contribution in [3.05, 3.63) is 22.4 Å². The van der Waals surface area contributed by atoms with Crippen molar-refractivity contribution in [1.29, 1.82) is 0 Å². The molecule has 0 aromatic carbocycles. The summed E-state index contributed by atoms with van der Waals surface area (Å²) in [5.41, 5.74) is 0. The molecule has 1 atom stereocenters. The van der Waals surface area contributed by atoms with Crippen LogP contribution in [-0.2, 0) is 4.79 Å². The van der Waals surface area contributed by atoms with Crippen LogP contribution in [0.5, 0.6) is 0 Å². The fraction of sp³-hybridized carbons (Fsp3) is 0.538. The highest BCUT2D eigenvalue weighted by Crippen LogP contribution is 2.15. The lowest BCUT2D eigenvalue weighted by Gasteiger charge is -2.30. The Bertz CT molecular complexity index is 417. The molecule has 1 N–H and O–H groups in total. The number of thiophene rings is 1. The van der Waals surface area contributed by atoms with E-state index in [-0.39, 0.29) is 18.4 Å². The van der Waals surface area contributed by atoms with Crippen LogP contribution in [0.3, 0.4) is 0 Å². The fourth-order valence-electron chi connectivity index (χ4n) is 2.18. The first kappa shape index (κ1) is 13.1. The van der Waals surface area contributed by atoms with Gasteiger partial charge in [0.1, 0.15) is 0 Å². The van der Waals surface area contributed by atoms with Gasteiger partial charge in [0.2, 0.25) is 5.91 Å². The van der Waals surface area contributed by atoms with Crippen LogP contribution in [0.4, 0.5) is 0 Å². The average Bonchev–Trinajstić information content (AvgIpc) is 2.89. The molecule has 2 amide bonds. The minimum atomic E-state index is -0.164. The van der Waals surface area contributed by atoms with Crippen molar-refractivity contribution >= 4 is 23.2 Å². The summed E-state index contributed by atoms with van der Waals surface area (Å²) in [5, 5.41) is 4.53. The van der Waals surface area contributed by atoms with Gasteiger partial charge in [0, 0.05) is 13.1 Å². The lowest BCUT2D eigenvalue weighted by Crippen LogP contribution is -2.44. The molecule has 0 spiro atoms. The molecule has 1 aliphatic rings. The highest BCUT2D eigenvalue weighted by molar-refractivity contribution is 7.12. The number of hydrogen-bond donors (Lipinski definition) is 1. The molecule has 1 aromatic rings. The molecular formula is C13H18N2O2S. The van der Waals surface area contributed by atoms with Crippen LogP contribution in [0.25, 0.3) is 0 Å². The molecule has 0 unspecified atom stereocenters. The Morgan fingerprint density at radius 1 is 1.56 bits per heavy atom. The zero-order chi connectivity index (χ0) is 13.0. The van der Waals surface area contributed by atoms with Crippen molar-refractivity contribution < 1.29 is 9.59 Å². The van der Waals surface area contributed by atoms with Crippen LogP contribution in [0.15, 0.2) is 17.5 Å². The van der Waals surface area contributed by atoms with E-state index in [9.17, 15) is 9.59 Å². The predicted octanol–water partition coefficient (Wildman–Crippen LogP) is 1.74. The van der Waals surface area contributed by atoms with Crippen LogP contribution >= 0.6 is 11.3 Å². The molecule has 1 fully saturated rings. The third-order valence-corrected chi connectivity index (χ3v) is 4.02. The molecule has 1 aliphatic heterocycles. The number of nitrogens with zero attached hydrogens (tertiary/aromatic N) is 1. The van der Waals surface area contributed by atoms with E-state index in [0.717, 1.165) is 19.5 Å². The Hall–Kier alpha value is -1.36. The predicted molar refractivity (Wildman–Crippen MR) is 71.6 cm³/mol. The lowest BCUT2D eigenvalue weighted by atomic mass is 10.0. The summed E-state index contributed by atoms with van der Waals surface area (Å²) < 4.78 is 0. The molecule has 18 heavy (non-hydrogen) atoms. The number of hydrogen-bond acceptors (Lipinski definition) is 3. The van der Waals surface area contributed by atoms with Crippen LogP contribution in [0, 0.1) is 5.92 Å². The first-order valence-electron chi connectivity index (χ1n) is 6.26. The minimum absolute atomic E-state index is 0.0199. The molecule has 1 saturated heterocycles. The fourth-order valence-corrected chi connectivity index (χ4v) is 2.82. The van der Waals surface area contributed by atoms with E-state index in [0.29, 0.717) is 10.8 Å². The van der Waals surface area contributed by atoms with Crippen molar-refractivity contribution in [2.75, 3.05) is 19.6 Å². The van der Waals surface area contributed by atoms with E-state index < -0.39 is 0 Å². The SMILES string of the molecule is C[C@@H]1CCCN(C(=O)CNC(=O)c2cccs2)C1. The van der Waals surface area contributed by atoms with E-state index in [2.05, 4.69) is 12.2 Å². The molecule has 5 heteroatoms. The first-order chi connectivity index (χ1) is 8.66. The zero-order valence-corrected chi connectivity index (χ0v) is 11.3. The van der Waals surface area contributed by atoms with Gasteiger partial charge >= 0.3 is 0 Å². The van der Waals surface area contributed by atoms with Gasteiger partial charge in [-0.15, -0.1) is 11.3 Å². The highest BCUT2D eigenvalue weighted by Gasteiger charge is 2.21. The third kappa shape index (κ3) is 3.32. The summed E-state index contributed by atoms with van der Waals surface area (Å²) in [6.07, 6.45) is 2.25. The molecule has 0 bridgehead atoms.